The molecule has 7 heteroatoms. The number of rotatable bonds is 4. The number of nitrogens with one attached hydrogen (secondary N) is 1. The van der Waals surface area contributed by atoms with Gasteiger partial charge in [-0.15, -0.1) is 0 Å². The first-order chi connectivity index (χ1) is 11.2. The molecule has 1 fully saturated rings. The summed E-state index contributed by atoms with van der Waals surface area (Å²) in [7, 11) is 0. The van der Waals surface area contributed by atoms with Crippen LogP contribution in [0.2, 0.25) is 0 Å². The molecule has 6 nitrogen and oxygen atoms in total. The molecule has 0 radical (unpaired) electrons. The summed E-state index contributed by atoms with van der Waals surface area (Å²) in [6, 6.07) is 3.82. The van der Waals surface area contributed by atoms with Crippen LogP contribution in [0.25, 0.3) is 0 Å². The highest BCUT2D eigenvalue weighted by Gasteiger charge is 2.29. The largest absolute Gasteiger partial charge is 0.367 e. The van der Waals surface area contributed by atoms with Crippen molar-refractivity contribution in [2.45, 2.75) is 39.0 Å². The summed E-state index contributed by atoms with van der Waals surface area (Å²) in [5.74, 6) is 0.672. The highest BCUT2D eigenvalue weighted by atomic mass is 32.1. The zero-order chi connectivity index (χ0) is 16.2. The van der Waals surface area contributed by atoms with E-state index in [1.807, 2.05) is 31.4 Å². The van der Waals surface area contributed by atoms with Crippen molar-refractivity contribution >= 4 is 17.4 Å². The number of aromatic nitrogens is 1. The zero-order valence-electron chi connectivity index (χ0n) is 13.3. The monoisotopic (exact) mass is 335 g/mol. The third-order valence-electron chi connectivity index (χ3n) is 3.85. The number of aryl methyl sites for hydroxylation is 1. The van der Waals surface area contributed by atoms with Gasteiger partial charge in [0.05, 0.1) is 24.9 Å². The number of urea groups is 1. The summed E-state index contributed by atoms with van der Waals surface area (Å²) in [4.78, 5) is 14.2. The topological polar surface area (TPSA) is 67.6 Å². The van der Waals surface area contributed by atoms with E-state index in [-0.39, 0.29) is 18.2 Å². The van der Waals surface area contributed by atoms with Crippen LogP contribution in [0.4, 0.5) is 4.79 Å². The van der Waals surface area contributed by atoms with Gasteiger partial charge in [-0.25, -0.2) is 4.79 Å². The van der Waals surface area contributed by atoms with E-state index < -0.39 is 0 Å². The van der Waals surface area contributed by atoms with E-state index in [0.717, 1.165) is 17.7 Å². The molecule has 1 saturated heterocycles. The van der Waals surface area contributed by atoms with Gasteiger partial charge in [-0.1, -0.05) is 12.1 Å². The summed E-state index contributed by atoms with van der Waals surface area (Å²) in [5, 5.41) is 10.9. The molecular formula is C16H21N3O3S. The number of hydrogen-bond acceptors (Lipinski definition) is 5. The van der Waals surface area contributed by atoms with E-state index >= 15 is 0 Å². The molecule has 0 unspecified atom stereocenters. The number of hydrogen-bond donors (Lipinski definition) is 1. The first-order valence-electron chi connectivity index (χ1n) is 7.80. The fraction of sp³-hybridized carbons (Fsp3) is 0.500. The normalized spacial score (nSPS) is 21.4. The minimum absolute atomic E-state index is 0.0105. The fourth-order valence-corrected chi connectivity index (χ4v) is 3.34. The molecule has 2 aromatic rings. The van der Waals surface area contributed by atoms with Crippen molar-refractivity contribution in [1.82, 2.24) is 15.4 Å². The highest BCUT2D eigenvalue weighted by Crippen LogP contribution is 2.26. The predicted molar refractivity (Wildman–Crippen MR) is 87.3 cm³/mol. The van der Waals surface area contributed by atoms with Crippen molar-refractivity contribution in [1.29, 1.82) is 0 Å². The van der Waals surface area contributed by atoms with Crippen LogP contribution in [0.1, 0.15) is 37.0 Å². The van der Waals surface area contributed by atoms with Crippen LogP contribution in [0.15, 0.2) is 27.4 Å². The molecule has 1 aliphatic rings. The standard InChI is InChI=1S/C16H21N3O3S/c1-3-13-6-14(22-18-13)7-17-16(20)19-8-11(2)21-15(9-19)12-4-5-23-10-12/h4-6,10-11,15H,3,7-9H2,1-2H3,(H,17,20)/t11-,15-/m0/s1. The van der Waals surface area contributed by atoms with Gasteiger partial charge in [-0.2, -0.15) is 11.3 Å². The lowest BCUT2D eigenvalue weighted by Crippen LogP contribution is -2.49. The van der Waals surface area contributed by atoms with Crippen LogP contribution in [0.5, 0.6) is 0 Å². The molecular weight excluding hydrogens is 314 g/mol. The van der Waals surface area contributed by atoms with Crippen molar-refractivity contribution < 1.29 is 14.1 Å². The second-order valence-corrected chi connectivity index (χ2v) is 6.47. The molecule has 3 heterocycles. The fourth-order valence-electron chi connectivity index (χ4n) is 2.64. The van der Waals surface area contributed by atoms with Gasteiger partial charge in [0.15, 0.2) is 5.76 Å². The molecule has 0 aromatic carbocycles. The van der Waals surface area contributed by atoms with E-state index in [0.29, 0.717) is 25.4 Å². The lowest BCUT2D eigenvalue weighted by atomic mass is 10.1. The van der Waals surface area contributed by atoms with E-state index in [4.69, 9.17) is 9.26 Å². The van der Waals surface area contributed by atoms with Crippen LogP contribution in [-0.2, 0) is 17.7 Å². The quantitative estimate of drug-likeness (QED) is 0.933. The summed E-state index contributed by atoms with van der Waals surface area (Å²) in [6.45, 7) is 5.50. The van der Waals surface area contributed by atoms with E-state index in [9.17, 15) is 4.79 Å². The van der Waals surface area contributed by atoms with Gasteiger partial charge in [0.25, 0.3) is 0 Å². The summed E-state index contributed by atoms with van der Waals surface area (Å²) < 4.78 is 11.1. The maximum absolute atomic E-state index is 12.4. The Morgan fingerprint density at radius 3 is 3.09 bits per heavy atom. The first-order valence-corrected chi connectivity index (χ1v) is 8.74. The third kappa shape index (κ3) is 3.92. The number of nitrogens with zero attached hydrogens (tertiary/aromatic N) is 2. The van der Waals surface area contributed by atoms with Crippen LogP contribution >= 0.6 is 11.3 Å². The van der Waals surface area contributed by atoms with Gasteiger partial charge < -0.3 is 19.5 Å². The van der Waals surface area contributed by atoms with Gasteiger partial charge in [-0.05, 0) is 35.7 Å². The number of carbonyl (C=O) groups excluding carboxylic acids is 1. The molecule has 0 bridgehead atoms. The number of carbonyl (C=O) groups is 1. The summed E-state index contributed by atoms with van der Waals surface area (Å²) in [5.41, 5.74) is 2.02. The van der Waals surface area contributed by atoms with Gasteiger partial charge >= 0.3 is 6.03 Å². The number of thiophene rings is 1. The summed E-state index contributed by atoms with van der Waals surface area (Å²) in [6.07, 6.45) is 0.768. The third-order valence-corrected chi connectivity index (χ3v) is 4.55. The van der Waals surface area contributed by atoms with Crippen LogP contribution < -0.4 is 5.32 Å². The molecule has 1 N–H and O–H groups in total. The second-order valence-electron chi connectivity index (χ2n) is 5.69. The van der Waals surface area contributed by atoms with Crippen molar-refractivity contribution in [2.75, 3.05) is 13.1 Å². The Kier molecular flexibility index (Phi) is 4.97. The SMILES string of the molecule is CCc1cc(CNC(=O)N2C[C@@H](c3ccsc3)O[C@@H](C)C2)on1. The van der Waals surface area contributed by atoms with Crippen LogP contribution in [0, 0.1) is 0 Å². The van der Waals surface area contributed by atoms with Gasteiger partial charge in [0.2, 0.25) is 0 Å². The van der Waals surface area contributed by atoms with E-state index in [1.165, 1.54) is 0 Å². The van der Waals surface area contributed by atoms with Crippen molar-refractivity contribution in [3.63, 3.8) is 0 Å². The zero-order valence-corrected chi connectivity index (χ0v) is 14.1. The predicted octanol–water partition coefficient (Wildman–Crippen LogP) is 2.97. The molecule has 0 saturated carbocycles. The van der Waals surface area contributed by atoms with Crippen LogP contribution in [-0.4, -0.2) is 35.3 Å². The molecule has 0 spiro atoms. The maximum Gasteiger partial charge on any atom is 0.317 e. The van der Waals surface area contributed by atoms with Gasteiger partial charge in [0, 0.05) is 12.6 Å². The lowest BCUT2D eigenvalue weighted by molar-refractivity contribution is -0.0655. The van der Waals surface area contributed by atoms with Crippen molar-refractivity contribution in [3.8, 4) is 0 Å². The second kappa shape index (κ2) is 7.14. The van der Waals surface area contributed by atoms with Crippen molar-refractivity contribution in [2.24, 2.45) is 0 Å². The minimum Gasteiger partial charge on any atom is -0.367 e. The average molecular weight is 335 g/mol. The molecule has 2 atom stereocenters. The molecule has 2 aromatic heterocycles. The van der Waals surface area contributed by atoms with Gasteiger partial charge in [-0.3, -0.25) is 0 Å². The Morgan fingerprint density at radius 2 is 2.39 bits per heavy atom. The van der Waals surface area contributed by atoms with Gasteiger partial charge in [0.1, 0.15) is 6.10 Å². The first kappa shape index (κ1) is 16.0. The number of ether oxygens (including phenoxy) is 1. The molecule has 1 aliphatic heterocycles. The minimum atomic E-state index is -0.102. The van der Waals surface area contributed by atoms with E-state index in [2.05, 4.69) is 15.9 Å². The van der Waals surface area contributed by atoms with E-state index in [1.54, 1.807) is 16.2 Å². The number of amides is 2. The Balaban J connectivity index is 1.57. The highest BCUT2D eigenvalue weighted by molar-refractivity contribution is 7.07. The molecule has 2 amide bonds. The number of morpholine rings is 1. The molecule has 3 rings (SSSR count). The van der Waals surface area contributed by atoms with Crippen molar-refractivity contribution in [3.05, 3.63) is 39.9 Å². The Hall–Kier alpha value is -1.86. The van der Waals surface area contributed by atoms with Crippen LogP contribution in [0.3, 0.4) is 0 Å². The average Bonchev–Trinajstić information content (AvgIpc) is 3.23. The molecule has 23 heavy (non-hydrogen) atoms. The lowest BCUT2D eigenvalue weighted by Gasteiger charge is -2.36. The molecule has 124 valence electrons. The smallest absolute Gasteiger partial charge is 0.317 e. The summed E-state index contributed by atoms with van der Waals surface area (Å²) >= 11 is 1.64. The Bertz CT molecular complexity index is 641. The Labute approximate surface area is 139 Å². The maximum atomic E-state index is 12.4. The Morgan fingerprint density at radius 1 is 1.52 bits per heavy atom. The molecule has 0 aliphatic carbocycles.